The first kappa shape index (κ1) is 27.8. The SMILES string of the molecule is CCCCC(CC)CNC(=O)c1cc(-c2csc(COc3ccc(OC)cc3)n2)n(CCCC)c1C. The van der Waals surface area contributed by atoms with Gasteiger partial charge >= 0.3 is 0 Å². The fourth-order valence-electron chi connectivity index (χ4n) is 4.28. The van der Waals surface area contributed by atoms with Crippen molar-refractivity contribution in [2.24, 2.45) is 5.92 Å². The number of hydrogen-bond acceptors (Lipinski definition) is 5. The van der Waals surface area contributed by atoms with E-state index in [1.807, 2.05) is 37.3 Å². The highest BCUT2D eigenvalue weighted by molar-refractivity contribution is 7.09. The van der Waals surface area contributed by atoms with E-state index in [1.54, 1.807) is 18.4 Å². The summed E-state index contributed by atoms with van der Waals surface area (Å²) in [7, 11) is 1.65. The zero-order valence-electron chi connectivity index (χ0n) is 22.4. The Hall–Kier alpha value is -2.80. The quantitative estimate of drug-likeness (QED) is 0.233. The van der Waals surface area contributed by atoms with E-state index in [0.29, 0.717) is 12.5 Å². The molecule has 0 spiro atoms. The van der Waals surface area contributed by atoms with Crippen LogP contribution in [0.3, 0.4) is 0 Å². The molecule has 36 heavy (non-hydrogen) atoms. The van der Waals surface area contributed by atoms with E-state index in [0.717, 1.165) is 77.9 Å². The molecule has 0 saturated heterocycles. The lowest BCUT2D eigenvalue weighted by Gasteiger charge is -2.15. The molecule has 6 nitrogen and oxygen atoms in total. The molecule has 0 aliphatic carbocycles. The Morgan fingerprint density at radius 1 is 1.11 bits per heavy atom. The van der Waals surface area contributed by atoms with Crippen molar-refractivity contribution in [2.75, 3.05) is 13.7 Å². The zero-order chi connectivity index (χ0) is 25.9. The number of nitrogens with zero attached hydrogens (tertiary/aromatic N) is 2. The van der Waals surface area contributed by atoms with Crippen LogP contribution < -0.4 is 14.8 Å². The van der Waals surface area contributed by atoms with Crippen LogP contribution in [-0.4, -0.2) is 29.1 Å². The van der Waals surface area contributed by atoms with Crippen molar-refractivity contribution in [2.45, 2.75) is 79.4 Å². The minimum absolute atomic E-state index is 0.0113. The summed E-state index contributed by atoms with van der Waals surface area (Å²) in [4.78, 5) is 18.0. The van der Waals surface area contributed by atoms with E-state index >= 15 is 0 Å². The number of aromatic nitrogens is 2. The molecule has 1 unspecified atom stereocenters. The van der Waals surface area contributed by atoms with Gasteiger partial charge in [-0.25, -0.2) is 4.98 Å². The van der Waals surface area contributed by atoms with E-state index < -0.39 is 0 Å². The van der Waals surface area contributed by atoms with Gasteiger partial charge in [0.1, 0.15) is 23.1 Å². The number of carbonyl (C=O) groups excluding carboxylic acids is 1. The highest BCUT2D eigenvalue weighted by atomic mass is 32.1. The van der Waals surface area contributed by atoms with Crippen LogP contribution in [0.4, 0.5) is 0 Å². The summed E-state index contributed by atoms with van der Waals surface area (Å²) in [6.45, 7) is 10.6. The first-order chi connectivity index (χ1) is 17.5. The minimum Gasteiger partial charge on any atom is -0.497 e. The van der Waals surface area contributed by atoms with Crippen LogP contribution in [0.15, 0.2) is 35.7 Å². The van der Waals surface area contributed by atoms with Gasteiger partial charge in [-0.1, -0.05) is 46.5 Å². The molecular formula is C29H41N3O3S. The normalized spacial score (nSPS) is 11.9. The summed E-state index contributed by atoms with van der Waals surface area (Å²) < 4.78 is 13.4. The number of carbonyl (C=O) groups is 1. The largest absolute Gasteiger partial charge is 0.497 e. The number of amides is 1. The maximum atomic E-state index is 13.2. The Bertz CT molecular complexity index is 1090. The second kappa shape index (κ2) is 14.1. The fourth-order valence-corrected chi connectivity index (χ4v) is 4.98. The number of unbranched alkanes of at least 4 members (excludes halogenated alkanes) is 2. The van der Waals surface area contributed by atoms with Crippen LogP contribution in [-0.2, 0) is 13.2 Å². The summed E-state index contributed by atoms with van der Waals surface area (Å²) in [5.74, 6) is 2.12. The molecule has 196 valence electrons. The Labute approximate surface area is 220 Å². The predicted octanol–water partition coefficient (Wildman–Crippen LogP) is 7.25. The van der Waals surface area contributed by atoms with Crippen LogP contribution in [0.1, 0.15) is 80.4 Å². The standard InChI is InChI=1S/C29H41N3O3S/c1-6-9-11-22(8-3)18-30-29(33)25-17-27(32(21(25)4)16-10-7-2)26-20-36-28(31-26)19-35-24-14-12-23(34-5)13-15-24/h12-15,17,20,22H,6-11,16,18-19H2,1-5H3,(H,30,33). The molecule has 1 aromatic carbocycles. The number of ether oxygens (including phenoxy) is 2. The molecule has 3 rings (SSSR count). The van der Waals surface area contributed by atoms with E-state index in [1.165, 1.54) is 12.8 Å². The van der Waals surface area contributed by atoms with E-state index in [-0.39, 0.29) is 5.91 Å². The summed E-state index contributed by atoms with van der Waals surface area (Å²) >= 11 is 1.58. The van der Waals surface area contributed by atoms with Crippen molar-refractivity contribution in [3.8, 4) is 22.9 Å². The molecule has 0 aliphatic heterocycles. The molecule has 1 amide bonds. The Kier molecular flexibility index (Phi) is 10.9. The molecule has 1 N–H and O–H groups in total. The van der Waals surface area contributed by atoms with Gasteiger partial charge in [-0.05, 0) is 56.0 Å². The van der Waals surface area contributed by atoms with Gasteiger partial charge in [0.15, 0.2) is 0 Å². The summed E-state index contributed by atoms with van der Waals surface area (Å²) in [5, 5.41) is 6.16. The van der Waals surface area contributed by atoms with Crippen molar-refractivity contribution in [1.82, 2.24) is 14.9 Å². The summed E-state index contributed by atoms with van der Waals surface area (Å²) in [6.07, 6.45) is 6.78. The average Bonchev–Trinajstić information content (AvgIpc) is 3.50. The first-order valence-electron chi connectivity index (χ1n) is 13.2. The number of benzene rings is 1. The van der Waals surface area contributed by atoms with E-state index in [4.69, 9.17) is 14.5 Å². The van der Waals surface area contributed by atoms with Crippen molar-refractivity contribution in [1.29, 1.82) is 0 Å². The van der Waals surface area contributed by atoms with Crippen molar-refractivity contribution < 1.29 is 14.3 Å². The third-order valence-corrected chi connectivity index (χ3v) is 7.50. The average molecular weight is 512 g/mol. The van der Waals surface area contributed by atoms with Crippen molar-refractivity contribution in [3.63, 3.8) is 0 Å². The van der Waals surface area contributed by atoms with Gasteiger partial charge in [0.2, 0.25) is 0 Å². The lowest BCUT2D eigenvalue weighted by Crippen LogP contribution is -2.29. The topological polar surface area (TPSA) is 65.4 Å². The predicted molar refractivity (Wildman–Crippen MR) is 148 cm³/mol. The van der Waals surface area contributed by atoms with E-state index in [2.05, 4.69) is 36.0 Å². The van der Waals surface area contributed by atoms with Crippen molar-refractivity contribution >= 4 is 17.2 Å². The second-order valence-corrected chi connectivity index (χ2v) is 10.2. The molecular weight excluding hydrogens is 470 g/mol. The maximum absolute atomic E-state index is 13.2. The van der Waals surface area contributed by atoms with Gasteiger partial charge in [-0.2, -0.15) is 0 Å². The maximum Gasteiger partial charge on any atom is 0.253 e. The lowest BCUT2D eigenvalue weighted by molar-refractivity contribution is 0.0945. The monoisotopic (exact) mass is 511 g/mol. The number of hydrogen-bond donors (Lipinski definition) is 1. The summed E-state index contributed by atoms with van der Waals surface area (Å²) in [6, 6.07) is 9.55. The molecule has 3 aromatic rings. The molecule has 1 atom stereocenters. The highest BCUT2D eigenvalue weighted by Crippen LogP contribution is 2.29. The molecule has 0 bridgehead atoms. The highest BCUT2D eigenvalue weighted by Gasteiger charge is 2.20. The lowest BCUT2D eigenvalue weighted by atomic mass is 9.99. The number of methoxy groups -OCH3 is 1. The molecule has 0 saturated carbocycles. The molecule has 2 aromatic heterocycles. The van der Waals surface area contributed by atoms with Crippen LogP contribution in [0.5, 0.6) is 11.5 Å². The molecule has 0 fully saturated rings. The van der Waals surface area contributed by atoms with Gasteiger partial charge in [0, 0.05) is 24.2 Å². The van der Waals surface area contributed by atoms with Gasteiger partial charge in [-0.3, -0.25) is 4.79 Å². The van der Waals surface area contributed by atoms with Crippen LogP contribution in [0, 0.1) is 12.8 Å². The molecule has 0 aliphatic rings. The van der Waals surface area contributed by atoms with Crippen LogP contribution >= 0.6 is 11.3 Å². The Morgan fingerprint density at radius 2 is 1.83 bits per heavy atom. The third kappa shape index (κ3) is 7.36. The minimum atomic E-state index is 0.0113. The Morgan fingerprint density at radius 3 is 2.50 bits per heavy atom. The second-order valence-electron chi connectivity index (χ2n) is 9.25. The smallest absolute Gasteiger partial charge is 0.253 e. The van der Waals surface area contributed by atoms with Gasteiger partial charge < -0.3 is 19.4 Å². The zero-order valence-corrected chi connectivity index (χ0v) is 23.2. The van der Waals surface area contributed by atoms with Gasteiger partial charge in [0.25, 0.3) is 5.91 Å². The fraction of sp³-hybridized carbons (Fsp3) is 0.517. The number of rotatable bonds is 15. The number of thiazole rings is 1. The summed E-state index contributed by atoms with van der Waals surface area (Å²) in [5.41, 5.74) is 3.63. The molecule has 2 heterocycles. The van der Waals surface area contributed by atoms with Crippen molar-refractivity contribution in [3.05, 3.63) is 52.0 Å². The molecule has 0 radical (unpaired) electrons. The Balaban J connectivity index is 1.74. The van der Waals surface area contributed by atoms with Gasteiger partial charge in [0.05, 0.1) is 24.1 Å². The van der Waals surface area contributed by atoms with Crippen LogP contribution in [0.2, 0.25) is 0 Å². The number of nitrogens with one attached hydrogen (secondary N) is 1. The molecule has 7 heteroatoms. The van der Waals surface area contributed by atoms with E-state index in [9.17, 15) is 4.79 Å². The first-order valence-corrected chi connectivity index (χ1v) is 14.1. The third-order valence-electron chi connectivity index (χ3n) is 6.68. The van der Waals surface area contributed by atoms with Gasteiger partial charge in [-0.15, -0.1) is 11.3 Å². The van der Waals surface area contributed by atoms with Crippen LogP contribution in [0.25, 0.3) is 11.4 Å².